The van der Waals surface area contributed by atoms with Crippen LogP contribution in [0.25, 0.3) is 10.2 Å². The van der Waals surface area contributed by atoms with E-state index in [1.807, 2.05) is 30.3 Å². The third-order valence-electron chi connectivity index (χ3n) is 4.10. The van der Waals surface area contributed by atoms with Crippen LogP contribution in [0.4, 0.5) is 11.5 Å². The number of hydrogen-bond donors (Lipinski definition) is 3. The van der Waals surface area contributed by atoms with Crippen LogP contribution in [0.1, 0.15) is 20.0 Å². The zero-order valence-electron chi connectivity index (χ0n) is 14.9. The van der Waals surface area contributed by atoms with Gasteiger partial charge in [0.15, 0.2) is 5.82 Å². The molecule has 2 aromatic carbocycles. The van der Waals surface area contributed by atoms with Crippen molar-refractivity contribution in [3.63, 3.8) is 0 Å². The predicted octanol–water partition coefficient (Wildman–Crippen LogP) is 4.14. The van der Waals surface area contributed by atoms with E-state index in [2.05, 4.69) is 20.8 Å². The van der Waals surface area contributed by atoms with E-state index in [4.69, 9.17) is 4.74 Å². The molecule has 0 aliphatic heterocycles. The van der Waals surface area contributed by atoms with Crippen molar-refractivity contribution in [3.05, 3.63) is 71.1 Å². The number of anilines is 2. The van der Waals surface area contributed by atoms with E-state index in [0.717, 1.165) is 0 Å². The number of H-pyrrole nitrogens is 1. The van der Waals surface area contributed by atoms with Gasteiger partial charge in [0.2, 0.25) is 0 Å². The molecule has 140 valence electrons. The van der Waals surface area contributed by atoms with E-state index in [1.54, 1.807) is 30.3 Å². The summed E-state index contributed by atoms with van der Waals surface area (Å²) in [7, 11) is 1.51. The number of benzene rings is 2. The Hall–Kier alpha value is -3.65. The molecular formula is C20H16N4O3S. The summed E-state index contributed by atoms with van der Waals surface area (Å²) >= 11 is 1.27. The summed E-state index contributed by atoms with van der Waals surface area (Å²) in [6, 6.07) is 17.9. The summed E-state index contributed by atoms with van der Waals surface area (Å²) in [4.78, 5) is 26.3. The predicted molar refractivity (Wildman–Crippen MR) is 109 cm³/mol. The van der Waals surface area contributed by atoms with Gasteiger partial charge < -0.3 is 15.4 Å². The van der Waals surface area contributed by atoms with Gasteiger partial charge in [-0.15, -0.1) is 11.3 Å². The molecular weight excluding hydrogens is 376 g/mol. The third kappa shape index (κ3) is 3.45. The molecule has 0 saturated carbocycles. The molecule has 0 fully saturated rings. The molecule has 0 atom stereocenters. The standard InChI is InChI=1S/C20H16N4O3S/c1-27-15-10-6-5-9-13(15)18(25)22-17-14-11-16(28-20(14)24-23-17)19(26)21-12-7-3-2-4-8-12/h2-11H,1H3,(H,21,26)(H2,22,23,24,25). The highest BCUT2D eigenvalue weighted by Gasteiger charge is 2.18. The van der Waals surface area contributed by atoms with Gasteiger partial charge in [-0.2, -0.15) is 5.10 Å². The Morgan fingerprint density at radius 3 is 2.54 bits per heavy atom. The Morgan fingerprint density at radius 2 is 1.75 bits per heavy atom. The molecule has 28 heavy (non-hydrogen) atoms. The van der Waals surface area contributed by atoms with Gasteiger partial charge in [-0.05, 0) is 30.3 Å². The van der Waals surface area contributed by atoms with Gasteiger partial charge in [-0.25, -0.2) is 0 Å². The number of fused-ring (bicyclic) bond motifs is 1. The molecule has 0 aliphatic carbocycles. The topological polar surface area (TPSA) is 96.1 Å². The molecule has 0 bridgehead atoms. The Morgan fingerprint density at radius 1 is 1.00 bits per heavy atom. The molecule has 4 rings (SSSR count). The molecule has 3 N–H and O–H groups in total. The number of hydrogen-bond acceptors (Lipinski definition) is 5. The number of thiophene rings is 1. The van der Waals surface area contributed by atoms with E-state index in [1.165, 1.54) is 18.4 Å². The molecule has 0 aliphatic rings. The summed E-state index contributed by atoms with van der Waals surface area (Å²) in [6.45, 7) is 0. The van der Waals surface area contributed by atoms with Crippen molar-refractivity contribution in [2.24, 2.45) is 0 Å². The van der Waals surface area contributed by atoms with Crippen LogP contribution >= 0.6 is 11.3 Å². The smallest absolute Gasteiger partial charge is 0.265 e. The van der Waals surface area contributed by atoms with Crippen molar-refractivity contribution in [1.82, 2.24) is 10.2 Å². The lowest BCUT2D eigenvalue weighted by atomic mass is 10.2. The summed E-state index contributed by atoms with van der Waals surface area (Å²) in [5, 5.41) is 13.3. The molecule has 0 spiro atoms. The first kappa shape index (κ1) is 17.7. The van der Waals surface area contributed by atoms with E-state index in [9.17, 15) is 9.59 Å². The zero-order chi connectivity index (χ0) is 19.5. The lowest BCUT2D eigenvalue weighted by molar-refractivity contribution is 0.101. The molecule has 0 radical (unpaired) electrons. The van der Waals surface area contributed by atoms with E-state index >= 15 is 0 Å². The Balaban J connectivity index is 1.56. The first-order chi connectivity index (χ1) is 13.7. The molecule has 0 saturated heterocycles. The number of ether oxygens (including phenoxy) is 1. The number of nitrogens with zero attached hydrogens (tertiary/aromatic N) is 1. The number of carbonyl (C=O) groups is 2. The molecule has 2 aromatic heterocycles. The lowest BCUT2D eigenvalue weighted by Crippen LogP contribution is -2.13. The Labute approximate surface area is 164 Å². The largest absolute Gasteiger partial charge is 0.496 e. The Kier molecular flexibility index (Phi) is 4.77. The number of amides is 2. The van der Waals surface area contributed by atoms with Crippen LogP contribution in [0, 0.1) is 0 Å². The van der Waals surface area contributed by atoms with Crippen LogP contribution in [0.15, 0.2) is 60.7 Å². The average Bonchev–Trinajstić information content (AvgIpc) is 3.31. The van der Waals surface area contributed by atoms with Crippen molar-refractivity contribution in [3.8, 4) is 5.75 Å². The maximum absolute atomic E-state index is 12.6. The van der Waals surface area contributed by atoms with Crippen molar-refractivity contribution >= 4 is 44.9 Å². The maximum Gasteiger partial charge on any atom is 0.265 e. The monoisotopic (exact) mass is 392 g/mol. The highest BCUT2D eigenvalue weighted by Crippen LogP contribution is 2.30. The summed E-state index contributed by atoms with van der Waals surface area (Å²) in [5.74, 6) is 0.274. The maximum atomic E-state index is 12.6. The number of aromatic amines is 1. The molecule has 4 aromatic rings. The third-order valence-corrected chi connectivity index (χ3v) is 5.13. The van der Waals surface area contributed by atoms with Crippen LogP contribution in [0.5, 0.6) is 5.75 Å². The minimum absolute atomic E-state index is 0.220. The van der Waals surface area contributed by atoms with Gasteiger partial charge in [-0.1, -0.05) is 30.3 Å². The van der Waals surface area contributed by atoms with Crippen LogP contribution in [0.2, 0.25) is 0 Å². The minimum atomic E-state index is -0.340. The summed E-state index contributed by atoms with van der Waals surface area (Å²) < 4.78 is 5.23. The summed E-state index contributed by atoms with van der Waals surface area (Å²) in [5.41, 5.74) is 1.12. The number of carbonyl (C=O) groups excluding carboxylic acids is 2. The first-order valence-electron chi connectivity index (χ1n) is 8.44. The number of nitrogens with one attached hydrogen (secondary N) is 3. The SMILES string of the molecule is COc1ccccc1C(=O)Nc1n[nH]c2sc(C(=O)Nc3ccccc3)cc12. The zero-order valence-corrected chi connectivity index (χ0v) is 15.7. The van der Waals surface area contributed by atoms with Gasteiger partial charge >= 0.3 is 0 Å². The lowest BCUT2D eigenvalue weighted by Gasteiger charge is -2.07. The average molecular weight is 392 g/mol. The quantitative estimate of drug-likeness (QED) is 0.476. The second-order valence-electron chi connectivity index (χ2n) is 5.90. The van der Waals surface area contributed by atoms with Crippen LogP contribution in [-0.4, -0.2) is 29.1 Å². The first-order valence-corrected chi connectivity index (χ1v) is 9.26. The van der Waals surface area contributed by atoms with Crippen molar-refractivity contribution in [2.45, 2.75) is 0 Å². The molecule has 7 nitrogen and oxygen atoms in total. The van der Waals surface area contributed by atoms with Gasteiger partial charge in [0.1, 0.15) is 10.6 Å². The van der Waals surface area contributed by atoms with Crippen molar-refractivity contribution < 1.29 is 14.3 Å². The second-order valence-corrected chi connectivity index (χ2v) is 6.95. The van der Waals surface area contributed by atoms with Gasteiger partial charge in [0.05, 0.1) is 22.9 Å². The normalized spacial score (nSPS) is 10.6. The number of aromatic nitrogens is 2. The number of para-hydroxylation sites is 2. The van der Waals surface area contributed by atoms with Gasteiger partial charge in [-0.3, -0.25) is 14.7 Å². The fraction of sp³-hybridized carbons (Fsp3) is 0.0500. The minimum Gasteiger partial charge on any atom is -0.496 e. The molecule has 2 amide bonds. The second kappa shape index (κ2) is 7.53. The van der Waals surface area contributed by atoms with Crippen LogP contribution in [-0.2, 0) is 0 Å². The van der Waals surface area contributed by atoms with E-state index in [-0.39, 0.29) is 11.8 Å². The summed E-state index contributed by atoms with van der Waals surface area (Å²) in [6.07, 6.45) is 0. The van der Waals surface area contributed by atoms with Gasteiger partial charge in [0.25, 0.3) is 11.8 Å². The Bertz CT molecular complexity index is 1150. The van der Waals surface area contributed by atoms with Crippen LogP contribution in [0.3, 0.4) is 0 Å². The van der Waals surface area contributed by atoms with Crippen molar-refractivity contribution in [2.75, 3.05) is 17.7 Å². The fourth-order valence-electron chi connectivity index (χ4n) is 2.75. The van der Waals surface area contributed by atoms with E-state index < -0.39 is 0 Å². The van der Waals surface area contributed by atoms with Crippen LogP contribution < -0.4 is 15.4 Å². The van der Waals surface area contributed by atoms with Gasteiger partial charge in [0, 0.05) is 5.69 Å². The highest BCUT2D eigenvalue weighted by molar-refractivity contribution is 7.20. The number of rotatable bonds is 5. The molecule has 2 heterocycles. The number of methoxy groups -OCH3 is 1. The molecule has 8 heteroatoms. The molecule has 0 unspecified atom stereocenters. The fourth-order valence-corrected chi connectivity index (χ4v) is 3.64. The highest BCUT2D eigenvalue weighted by atomic mass is 32.1. The van der Waals surface area contributed by atoms with Crippen molar-refractivity contribution in [1.29, 1.82) is 0 Å². The van der Waals surface area contributed by atoms with E-state index in [0.29, 0.717) is 37.9 Å².